The molecule has 0 amide bonds. The second kappa shape index (κ2) is 8.85. The van der Waals surface area contributed by atoms with Crippen LogP contribution in [-0.2, 0) is 31.0 Å². The Balaban J connectivity index is 0. The molecule has 0 aromatic rings. The molecule has 18 heteroatoms. The second-order valence-electron chi connectivity index (χ2n) is 4.62. The van der Waals surface area contributed by atoms with Crippen LogP contribution in [-0.4, -0.2) is 84.7 Å². The van der Waals surface area contributed by atoms with Crippen molar-refractivity contribution in [1.82, 2.24) is 0 Å². The molecule has 2 atom stereocenters. The number of carbonyl (C=O) groups is 1. The van der Waals surface area contributed by atoms with E-state index in [9.17, 15) is 40.3 Å². The molecule has 144 valence electrons. The van der Waals surface area contributed by atoms with Gasteiger partial charge in [0, 0.05) is 12.8 Å². The number of hydrogen-bond acceptors (Lipinski definition) is 12. The van der Waals surface area contributed by atoms with Crippen LogP contribution >= 0.6 is 0 Å². The summed E-state index contributed by atoms with van der Waals surface area (Å²) in [6.07, 6.45) is -5.39. The summed E-state index contributed by atoms with van der Waals surface area (Å²) in [7, 11) is -17.6. The summed E-state index contributed by atoms with van der Waals surface area (Å²) in [4.78, 5) is 10.4. The van der Waals surface area contributed by atoms with E-state index >= 15 is 0 Å². The van der Waals surface area contributed by atoms with Crippen LogP contribution in [0.5, 0.6) is 0 Å². The molecule has 25 heavy (non-hydrogen) atoms. The van der Waals surface area contributed by atoms with Gasteiger partial charge in [-0.1, -0.05) is 0 Å². The zero-order chi connectivity index (χ0) is 19.7. The first kappa shape index (κ1) is 27.3. The van der Waals surface area contributed by atoms with Crippen LogP contribution in [0.3, 0.4) is 0 Å². The number of carboxylic acid groups (broad SMARTS) is 1. The minimum Gasteiger partial charge on any atom is -0.547 e. The number of hydrogen-bond donors (Lipinski definition) is 6. The zero-order valence-corrected chi connectivity index (χ0v) is 16.8. The van der Waals surface area contributed by atoms with Crippen molar-refractivity contribution in [3.05, 3.63) is 0 Å². The van der Waals surface area contributed by atoms with Crippen molar-refractivity contribution in [1.29, 1.82) is 0 Å². The Morgan fingerprint density at radius 3 is 1.32 bits per heavy atom. The monoisotopic (exact) mass is 440 g/mol. The minimum absolute atomic E-state index is 0. The number of carboxylic acids is 1. The third-order valence-electron chi connectivity index (χ3n) is 2.78. The molecule has 0 aliphatic heterocycles. The largest absolute Gasteiger partial charge is 1.00 e. The van der Waals surface area contributed by atoms with Crippen molar-refractivity contribution in [3.63, 3.8) is 0 Å². The molecule has 14 nitrogen and oxygen atoms in total. The topological polar surface area (TPSA) is 264 Å². The summed E-state index contributed by atoms with van der Waals surface area (Å²) >= 11 is 0. The van der Waals surface area contributed by atoms with Crippen LogP contribution in [0.4, 0.5) is 0 Å². The van der Waals surface area contributed by atoms with Crippen LogP contribution in [0.25, 0.3) is 0 Å². The van der Waals surface area contributed by atoms with Gasteiger partial charge in [0.1, 0.15) is 11.7 Å². The molecule has 1 saturated carbocycles. The maximum Gasteiger partial charge on any atom is 1.00 e. The van der Waals surface area contributed by atoms with Crippen molar-refractivity contribution in [2.75, 3.05) is 0 Å². The van der Waals surface area contributed by atoms with Crippen molar-refractivity contribution >= 4 is 32.2 Å². The number of aliphatic hydroxyl groups excluding tert-OH is 3. The van der Waals surface area contributed by atoms with E-state index in [2.05, 4.69) is 0 Å². The molecule has 0 aromatic heterocycles. The Kier molecular flexibility index (Phi) is 9.66. The van der Waals surface area contributed by atoms with Gasteiger partial charge < -0.3 is 30.3 Å². The average Bonchev–Trinajstić information content (AvgIpc) is 2.33. The van der Waals surface area contributed by atoms with Gasteiger partial charge in [-0.3, -0.25) is 9.11 Å². The quantitative estimate of drug-likeness (QED) is 0.135. The van der Waals surface area contributed by atoms with Gasteiger partial charge in [-0.2, -0.15) is 25.3 Å². The second-order valence-corrected chi connectivity index (χ2v) is 12.9. The van der Waals surface area contributed by atoms with E-state index in [-0.39, 0.29) is 29.6 Å². The van der Waals surface area contributed by atoms with Gasteiger partial charge in [-0.15, -0.1) is 0 Å². The summed E-state index contributed by atoms with van der Waals surface area (Å²) < 4.78 is 74.4. The van der Waals surface area contributed by atoms with Crippen molar-refractivity contribution in [3.8, 4) is 0 Å². The number of rotatable bonds is 3. The van der Waals surface area contributed by atoms with Crippen LogP contribution in [0.1, 0.15) is 12.8 Å². The molecule has 1 rings (SSSR count). The van der Waals surface area contributed by atoms with Crippen LogP contribution in [0.15, 0.2) is 0 Å². The summed E-state index contributed by atoms with van der Waals surface area (Å²) in [5.41, 5.74) is -2.25. The van der Waals surface area contributed by atoms with Gasteiger partial charge in [0.2, 0.25) is 0 Å². The normalized spacial score (nSPS) is 30.4. The Morgan fingerprint density at radius 2 is 1.16 bits per heavy atom. The molecule has 6 N–H and O–H groups in total. The number of carbonyl (C=O) groups excluding carboxylic acids is 1. The molecule has 0 aromatic carbocycles. The summed E-state index contributed by atoms with van der Waals surface area (Å²) in [6.45, 7) is 0. The molecule has 0 unspecified atom stereocenters. The predicted molar refractivity (Wildman–Crippen MR) is 69.2 cm³/mol. The van der Waals surface area contributed by atoms with Gasteiger partial charge in [0.15, 0.2) is 0 Å². The van der Waals surface area contributed by atoms with E-state index < -0.39 is 68.9 Å². The fourth-order valence-electron chi connectivity index (χ4n) is 1.55. The van der Waals surface area contributed by atoms with E-state index in [1.165, 1.54) is 0 Å². The van der Waals surface area contributed by atoms with Gasteiger partial charge in [-0.25, -0.2) is 0 Å². The smallest absolute Gasteiger partial charge is 0.547 e. The molecule has 1 fully saturated rings. The summed E-state index contributed by atoms with van der Waals surface area (Å²) in [5.74, 6) is -1.75. The van der Waals surface area contributed by atoms with E-state index in [1.54, 1.807) is 0 Å². The molecule has 1 aliphatic rings. The van der Waals surface area contributed by atoms with E-state index in [0.29, 0.717) is 0 Å². The van der Waals surface area contributed by atoms with Crippen LogP contribution in [0, 0.1) is 0 Å². The van der Waals surface area contributed by atoms with Crippen LogP contribution in [0.2, 0.25) is 0 Å². The SMILES string of the molecule is O=C([O-])C1(O)C[C@@H](O)C(O)[C@H](O)C1.O=S(=O)(O)S(=O)(=O)S(=O)(=O)O.[Na+]. The maximum absolute atomic E-state index is 10.4. The van der Waals surface area contributed by atoms with Crippen LogP contribution < -0.4 is 34.7 Å². The Bertz CT molecular complexity index is 732. The zero-order valence-electron chi connectivity index (χ0n) is 12.3. The summed E-state index contributed by atoms with van der Waals surface area (Å²) in [6, 6.07) is 0. The molecular formula is C7H13NaO14S3. The molecule has 1 aliphatic carbocycles. The number of aliphatic carboxylic acids is 1. The Hall–Kier alpha value is 0.0800. The fraction of sp³-hybridized carbons (Fsp3) is 0.857. The predicted octanol–water partition coefficient (Wildman–Crippen LogP) is -8.65. The average molecular weight is 440 g/mol. The first-order chi connectivity index (χ1) is 10.4. The van der Waals surface area contributed by atoms with Gasteiger partial charge in [-0.05, 0) is 0 Å². The first-order valence-corrected chi connectivity index (χ1v) is 10.9. The molecule has 0 bridgehead atoms. The maximum atomic E-state index is 10.4. The molecule has 0 heterocycles. The third-order valence-corrected chi connectivity index (χ3v) is 10.0. The van der Waals surface area contributed by atoms with Gasteiger partial charge in [0.05, 0.1) is 18.2 Å². The molecule has 0 saturated heterocycles. The van der Waals surface area contributed by atoms with E-state index in [0.717, 1.165) is 0 Å². The van der Waals surface area contributed by atoms with Crippen molar-refractivity contribution in [2.45, 2.75) is 36.8 Å². The van der Waals surface area contributed by atoms with Crippen molar-refractivity contribution < 1.29 is 94.2 Å². The molecule has 0 radical (unpaired) electrons. The van der Waals surface area contributed by atoms with Gasteiger partial charge in [0.25, 0.3) is 0 Å². The molecular weight excluding hydrogens is 427 g/mol. The van der Waals surface area contributed by atoms with E-state index in [4.69, 9.17) is 24.4 Å². The first-order valence-electron chi connectivity index (χ1n) is 5.55. The van der Waals surface area contributed by atoms with Crippen molar-refractivity contribution in [2.24, 2.45) is 0 Å². The van der Waals surface area contributed by atoms with E-state index in [1.807, 2.05) is 0 Å². The third kappa shape index (κ3) is 6.63. The standard InChI is InChI=1S/C7H12O6.Na.H2O8S3/c8-3-1-7(13,6(11)12)2-4(9)5(3)10;;1-9(2,3)11(7,8)10(4,5)6/h3-5,8-10,13H,1-2H2,(H,11,12);;(H,1,2,3)(H,4,5,6)/q;+1;/p-1/t3-,4-,5?,7?;;/m1../s1. The van der Waals surface area contributed by atoms with Gasteiger partial charge >= 0.3 is 55.8 Å². The number of aliphatic hydroxyl groups is 4. The molecule has 0 spiro atoms. The minimum atomic E-state index is -5.96. The fourth-order valence-corrected chi connectivity index (χ4v) is 4.37. The Morgan fingerprint density at radius 1 is 0.880 bits per heavy atom. The Labute approximate surface area is 162 Å². The summed E-state index contributed by atoms with van der Waals surface area (Å²) in [5, 5.41) is 46.9.